The van der Waals surface area contributed by atoms with Crippen LogP contribution in [0.15, 0.2) is 0 Å². The number of esters is 1. The van der Waals surface area contributed by atoms with Crippen LogP contribution >= 0.6 is 0 Å². The minimum absolute atomic E-state index is 0.128. The lowest BCUT2D eigenvalue weighted by molar-refractivity contribution is -0.161. The zero-order valence-electron chi connectivity index (χ0n) is 8.71. The second-order valence-electron chi connectivity index (χ2n) is 4.52. The standard InChI is InChI=1S/C10H17NO3/c1-3-13-8(12)10-5-9(2,6-10)14-7(10)4-11/h7H,3-6,11H2,1-2H3. The van der Waals surface area contributed by atoms with Crippen molar-refractivity contribution in [2.75, 3.05) is 13.2 Å². The molecule has 2 aliphatic heterocycles. The van der Waals surface area contributed by atoms with E-state index in [4.69, 9.17) is 15.2 Å². The molecule has 3 fully saturated rings. The molecule has 2 N–H and O–H groups in total. The van der Waals surface area contributed by atoms with Crippen LogP contribution in [0.3, 0.4) is 0 Å². The predicted octanol–water partition coefficient (Wildman–Crippen LogP) is 0.446. The fraction of sp³-hybridized carbons (Fsp3) is 0.900. The van der Waals surface area contributed by atoms with Crippen LogP contribution in [0.25, 0.3) is 0 Å². The van der Waals surface area contributed by atoms with Crippen LogP contribution in [0.5, 0.6) is 0 Å². The molecule has 3 aliphatic rings. The van der Waals surface area contributed by atoms with E-state index in [1.54, 1.807) is 0 Å². The van der Waals surface area contributed by atoms with Crippen LogP contribution in [-0.4, -0.2) is 30.8 Å². The summed E-state index contributed by atoms with van der Waals surface area (Å²) in [4.78, 5) is 11.8. The molecule has 2 heterocycles. The minimum atomic E-state index is -0.431. The zero-order chi connectivity index (χ0) is 10.4. The predicted molar refractivity (Wildman–Crippen MR) is 50.6 cm³/mol. The van der Waals surface area contributed by atoms with Crippen molar-refractivity contribution in [3.8, 4) is 0 Å². The summed E-state index contributed by atoms with van der Waals surface area (Å²) in [5, 5.41) is 0. The van der Waals surface area contributed by atoms with Crippen molar-refractivity contribution in [3.05, 3.63) is 0 Å². The highest BCUT2D eigenvalue weighted by molar-refractivity contribution is 5.80. The molecule has 0 radical (unpaired) electrons. The van der Waals surface area contributed by atoms with Crippen molar-refractivity contribution >= 4 is 5.97 Å². The molecule has 0 amide bonds. The molecule has 4 heteroatoms. The first-order valence-corrected chi connectivity index (χ1v) is 5.11. The molecule has 1 saturated carbocycles. The summed E-state index contributed by atoms with van der Waals surface area (Å²) in [6.07, 6.45) is 1.38. The van der Waals surface area contributed by atoms with Crippen molar-refractivity contribution in [3.63, 3.8) is 0 Å². The van der Waals surface area contributed by atoms with E-state index < -0.39 is 5.41 Å². The van der Waals surface area contributed by atoms with Gasteiger partial charge in [0.2, 0.25) is 0 Å². The second-order valence-corrected chi connectivity index (χ2v) is 4.52. The largest absolute Gasteiger partial charge is 0.465 e. The number of carbonyl (C=O) groups is 1. The highest BCUT2D eigenvalue weighted by atomic mass is 16.6. The third-order valence-corrected chi connectivity index (χ3v) is 3.32. The first-order chi connectivity index (χ1) is 6.56. The number of ether oxygens (including phenoxy) is 2. The van der Waals surface area contributed by atoms with Gasteiger partial charge in [0.15, 0.2) is 0 Å². The number of hydrogen-bond acceptors (Lipinski definition) is 4. The SMILES string of the molecule is CCOC(=O)C12CC(C)(C1)OC2CN. The fourth-order valence-electron chi connectivity index (χ4n) is 2.87. The van der Waals surface area contributed by atoms with Gasteiger partial charge in [-0.05, 0) is 26.7 Å². The molecule has 1 aliphatic carbocycles. The summed E-state index contributed by atoms with van der Waals surface area (Å²) in [7, 11) is 0. The fourth-order valence-corrected chi connectivity index (χ4v) is 2.87. The lowest BCUT2D eigenvalue weighted by Crippen LogP contribution is -2.50. The lowest BCUT2D eigenvalue weighted by Gasteiger charge is -2.40. The normalized spacial score (nSPS) is 44.6. The van der Waals surface area contributed by atoms with Crippen LogP contribution < -0.4 is 5.73 Å². The monoisotopic (exact) mass is 199 g/mol. The van der Waals surface area contributed by atoms with E-state index in [0.29, 0.717) is 13.2 Å². The third kappa shape index (κ3) is 1.10. The molecular formula is C10H17NO3. The van der Waals surface area contributed by atoms with Gasteiger partial charge in [-0.2, -0.15) is 0 Å². The Bertz CT molecular complexity index is 258. The topological polar surface area (TPSA) is 61.5 Å². The van der Waals surface area contributed by atoms with Crippen molar-refractivity contribution in [1.82, 2.24) is 0 Å². The van der Waals surface area contributed by atoms with Gasteiger partial charge in [-0.25, -0.2) is 0 Å². The highest BCUT2D eigenvalue weighted by Crippen LogP contribution is 2.61. The van der Waals surface area contributed by atoms with E-state index in [0.717, 1.165) is 12.8 Å². The summed E-state index contributed by atoms with van der Waals surface area (Å²) < 4.78 is 10.8. The van der Waals surface area contributed by atoms with Crippen LogP contribution in [-0.2, 0) is 14.3 Å². The number of fused-ring (bicyclic) bond motifs is 1. The number of nitrogens with two attached hydrogens (primary N) is 1. The van der Waals surface area contributed by atoms with Crippen LogP contribution in [0.2, 0.25) is 0 Å². The van der Waals surface area contributed by atoms with Crippen LogP contribution in [0.1, 0.15) is 26.7 Å². The van der Waals surface area contributed by atoms with Gasteiger partial charge in [-0.1, -0.05) is 0 Å². The quantitative estimate of drug-likeness (QED) is 0.670. The number of carbonyl (C=O) groups excluding carboxylic acids is 1. The average Bonchev–Trinajstić information content (AvgIpc) is 2.53. The maximum absolute atomic E-state index is 11.8. The van der Waals surface area contributed by atoms with Crippen LogP contribution in [0.4, 0.5) is 0 Å². The molecule has 1 unspecified atom stereocenters. The van der Waals surface area contributed by atoms with Gasteiger partial charge in [-0.3, -0.25) is 4.79 Å². The molecule has 1 atom stereocenters. The van der Waals surface area contributed by atoms with Gasteiger partial charge in [0.1, 0.15) is 5.41 Å². The van der Waals surface area contributed by atoms with E-state index in [9.17, 15) is 4.79 Å². The van der Waals surface area contributed by atoms with E-state index in [1.165, 1.54) is 0 Å². The zero-order valence-corrected chi connectivity index (χ0v) is 8.71. The third-order valence-electron chi connectivity index (χ3n) is 3.32. The van der Waals surface area contributed by atoms with Gasteiger partial charge in [-0.15, -0.1) is 0 Å². The van der Waals surface area contributed by atoms with Gasteiger partial charge in [0, 0.05) is 6.54 Å². The van der Waals surface area contributed by atoms with Gasteiger partial charge in [0.05, 0.1) is 18.3 Å². The molecule has 0 aromatic heterocycles. The summed E-state index contributed by atoms with van der Waals surface area (Å²) >= 11 is 0. The molecule has 0 aromatic carbocycles. The Hall–Kier alpha value is -0.610. The maximum Gasteiger partial charge on any atom is 0.314 e. The smallest absolute Gasteiger partial charge is 0.314 e. The van der Waals surface area contributed by atoms with Crippen molar-refractivity contribution in [1.29, 1.82) is 0 Å². The molecule has 14 heavy (non-hydrogen) atoms. The molecule has 0 aromatic rings. The summed E-state index contributed by atoms with van der Waals surface area (Å²) in [6, 6.07) is 0. The molecule has 4 nitrogen and oxygen atoms in total. The van der Waals surface area contributed by atoms with E-state index in [1.807, 2.05) is 13.8 Å². The highest BCUT2D eigenvalue weighted by Gasteiger charge is 2.69. The Labute approximate surface area is 83.7 Å². The Morgan fingerprint density at radius 1 is 1.64 bits per heavy atom. The first kappa shape index (κ1) is 9.93. The first-order valence-electron chi connectivity index (χ1n) is 5.11. The van der Waals surface area contributed by atoms with Crippen molar-refractivity contribution in [2.45, 2.75) is 38.4 Å². The number of hydrogen-bond donors (Lipinski definition) is 1. The number of rotatable bonds is 3. The summed E-state index contributed by atoms with van der Waals surface area (Å²) in [5.74, 6) is -0.134. The minimum Gasteiger partial charge on any atom is -0.465 e. The van der Waals surface area contributed by atoms with Crippen molar-refractivity contribution in [2.24, 2.45) is 11.1 Å². The van der Waals surface area contributed by atoms with E-state index >= 15 is 0 Å². The lowest BCUT2D eigenvalue weighted by atomic mass is 9.60. The molecule has 0 spiro atoms. The molecule has 80 valence electrons. The van der Waals surface area contributed by atoms with E-state index in [-0.39, 0.29) is 17.7 Å². The maximum atomic E-state index is 11.8. The van der Waals surface area contributed by atoms with Gasteiger partial charge < -0.3 is 15.2 Å². The van der Waals surface area contributed by atoms with E-state index in [2.05, 4.69) is 0 Å². The van der Waals surface area contributed by atoms with Crippen molar-refractivity contribution < 1.29 is 14.3 Å². The van der Waals surface area contributed by atoms with Crippen LogP contribution in [0, 0.1) is 5.41 Å². The van der Waals surface area contributed by atoms with Gasteiger partial charge >= 0.3 is 5.97 Å². The summed E-state index contributed by atoms with van der Waals surface area (Å²) in [6.45, 7) is 4.67. The molecule has 3 rings (SSSR count). The van der Waals surface area contributed by atoms with Gasteiger partial charge in [0.25, 0.3) is 0 Å². The Kier molecular flexibility index (Phi) is 2.08. The average molecular weight is 199 g/mol. The summed E-state index contributed by atoms with van der Waals surface area (Å²) in [5.41, 5.74) is 5.04. The Balaban J connectivity index is 2.13. The second kappa shape index (κ2) is 2.94. The molecule has 2 saturated heterocycles. The molecular weight excluding hydrogens is 182 g/mol. The Morgan fingerprint density at radius 2 is 2.29 bits per heavy atom. The Morgan fingerprint density at radius 3 is 2.79 bits per heavy atom. The molecule has 2 bridgehead atoms.